The zero-order valence-corrected chi connectivity index (χ0v) is 21.0. The lowest BCUT2D eigenvalue weighted by molar-refractivity contribution is 0.304. The van der Waals surface area contributed by atoms with E-state index in [1.54, 1.807) is 18.5 Å². The molecule has 182 valence electrons. The maximum atomic E-state index is 11.8. The molecule has 34 heavy (non-hydrogen) atoms. The summed E-state index contributed by atoms with van der Waals surface area (Å²) in [5.74, 6) is 0.778. The number of ether oxygens (including phenoxy) is 1. The monoisotopic (exact) mass is 522 g/mol. The summed E-state index contributed by atoms with van der Waals surface area (Å²) in [4.78, 5) is 22.8. The fraction of sp³-hybridized carbons (Fsp3) is 0.240. The molecule has 4 aromatic rings. The Morgan fingerprint density at radius 3 is 2.56 bits per heavy atom. The lowest BCUT2D eigenvalue weighted by Crippen LogP contribution is -2.24. The molecule has 0 aliphatic heterocycles. The van der Waals surface area contributed by atoms with Crippen molar-refractivity contribution in [1.82, 2.24) is 20.3 Å². The van der Waals surface area contributed by atoms with E-state index in [0.717, 1.165) is 36.9 Å². The van der Waals surface area contributed by atoms with Gasteiger partial charge in [-0.3, -0.25) is 14.8 Å². The minimum absolute atomic E-state index is 0. The van der Waals surface area contributed by atoms with Gasteiger partial charge in [0.1, 0.15) is 5.75 Å². The summed E-state index contributed by atoms with van der Waals surface area (Å²) in [5, 5.41) is 5.21. The number of rotatable bonds is 10. The van der Waals surface area contributed by atoms with Gasteiger partial charge in [0.05, 0.1) is 6.61 Å². The van der Waals surface area contributed by atoms with Gasteiger partial charge in [0.15, 0.2) is 0 Å². The van der Waals surface area contributed by atoms with Crippen LogP contribution in [0.1, 0.15) is 30.0 Å². The Morgan fingerprint density at radius 1 is 0.971 bits per heavy atom. The normalized spacial score (nSPS) is 10.9. The number of aryl methyl sites for hydroxylation is 1. The van der Waals surface area contributed by atoms with Gasteiger partial charge in [0, 0.05) is 42.4 Å². The van der Waals surface area contributed by atoms with E-state index < -0.39 is 0 Å². The van der Waals surface area contributed by atoms with Crippen LogP contribution in [0.2, 0.25) is 0 Å². The number of benzene rings is 1. The average molecular weight is 524 g/mol. The van der Waals surface area contributed by atoms with Gasteiger partial charge in [-0.1, -0.05) is 6.07 Å². The van der Waals surface area contributed by atoms with Crippen molar-refractivity contribution in [2.24, 2.45) is 0 Å². The molecule has 0 aliphatic rings. The summed E-state index contributed by atoms with van der Waals surface area (Å²) in [5.41, 5.74) is 2.39. The first-order valence-corrected chi connectivity index (χ1v) is 10.6. The van der Waals surface area contributed by atoms with Crippen molar-refractivity contribution < 1.29 is 4.74 Å². The standard InChI is InChI=1S/C25H26N4O2.3ClH/c30-25-23-6-5-22(17-21(23)10-15-29-25)31-16-2-12-28-24(20-8-13-26-14-9-20)7-4-19-3-1-11-27-18-19;;;/h1,3,5-6,8-11,13-15,17-18,24,28H,2,4,7,12,16H2,(H,29,30);3*1H. The smallest absolute Gasteiger partial charge is 0.255 e. The molecule has 0 spiro atoms. The largest absolute Gasteiger partial charge is 0.494 e. The Morgan fingerprint density at radius 2 is 1.79 bits per heavy atom. The number of halogens is 3. The molecule has 0 bridgehead atoms. The molecule has 3 aromatic heterocycles. The van der Waals surface area contributed by atoms with E-state index in [1.165, 1.54) is 11.1 Å². The van der Waals surface area contributed by atoms with E-state index in [0.29, 0.717) is 12.0 Å². The highest BCUT2D eigenvalue weighted by atomic mass is 35.5. The van der Waals surface area contributed by atoms with Crippen LogP contribution in [-0.4, -0.2) is 28.1 Å². The molecule has 1 unspecified atom stereocenters. The molecule has 0 saturated carbocycles. The summed E-state index contributed by atoms with van der Waals surface area (Å²) in [6.07, 6.45) is 11.9. The zero-order chi connectivity index (χ0) is 21.3. The second-order valence-electron chi connectivity index (χ2n) is 7.45. The van der Waals surface area contributed by atoms with Gasteiger partial charge >= 0.3 is 0 Å². The third-order valence-electron chi connectivity index (χ3n) is 5.28. The number of fused-ring (bicyclic) bond motifs is 1. The van der Waals surface area contributed by atoms with Gasteiger partial charge in [-0.2, -0.15) is 0 Å². The molecular weight excluding hydrogens is 495 g/mol. The number of aromatic amines is 1. The first-order valence-electron chi connectivity index (χ1n) is 10.6. The molecule has 0 radical (unpaired) electrons. The number of H-pyrrole nitrogens is 1. The fourth-order valence-electron chi connectivity index (χ4n) is 3.64. The Kier molecular flexibility index (Phi) is 13.2. The summed E-state index contributed by atoms with van der Waals surface area (Å²) in [6.45, 7) is 1.45. The molecule has 2 N–H and O–H groups in total. The zero-order valence-electron chi connectivity index (χ0n) is 18.6. The third kappa shape index (κ3) is 8.29. The van der Waals surface area contributed by atoms with Gasteiger partial charge in [-0.25, -0.2) is 0 Å². The van der Waals surface area contributed by atoms with Crippen LogP contribution >= 0.6 is 37.2 Å². The Balaban J connectivity index is 0.00000193. The van der Waals surface area contributed by atoms with Crippen LogP contribution < -0.4 is 15.6 Å². The number of hydrogen-bond acceptors (Lipinski definition) is 5. The van der Waals surface area contributed by atoms with Gasteiger partial charge < -0.3 is 15.0 Å². The number of nitrogens with one attached hydrogen (secondary N) is 2. The van der Waals surface area contributed by atoms with E-state index in [4.69, 9.17) is 4.74 Å². The summed E-state index contributed by atoms with van der Waals surface area (Å²) in [6, 6.07) is 15.9. The Bertz CT molecular complexity index is 1160. The first-order chi connectivity index (χ1) is 15.3. The SMILES string of the molecule is Cl.Cl.Cl.O=c1[nH]ccc2cc(OCCCNC(CCc3cccnc3)c3ccncc3)ccc12. The molecule has 0 aliphatic carbocycles. The van der Waals surface area contributed by atoms with Crippen LogP contribution in [0.5, 0.6) is 5.75 Å². The maximum absolute atomic E-state index is 11.8. The van der Waals surface area contributed by atoms with Crippen LogP contribution in [0.15, 0.2) is 84.3 Å². The lowest BCUT2D eigenvalue weighted by Gasteiger charge is -2.19. The number of hydrogen-bond donors (Lipinski definition) is 2. The van der Waals surface area contributed by atoms with Gasteiger partial charge in [0.25, 0.3) is 5.56 Å². The molecule has 4 rings (SSSR count). The van der Waals surface area contributed by atoms with E-state index in [2.05, 4.69) is 38.5 Å². The predicted molar refractivity (Wildman–Crippen MR) is 144 cm³/mol. The second kappa shape index (κ2) is 15.3. The van der Waals surface area contributed by atoms with Crippen molar-refractivity contribution >= 4 is 48.0 Å². The van der Waals surface area contributed by atoms with Crippen molar-refractivity contribution in [3.63, 3.8) is 0 Å². The Hall–Kier alpha value is -2.64. The summed E-state index contributed by atoms with van der Waals surface area (Å²) in [7, 11) is 0. The third-order valence-corrected chi connectivity index (χ3v) is 5.28. The van der Waals surface area contributed by atoms with Crippen molar-refractivity contribution in [3.8, 4) is 5.75 Å². The van der Waals surface area contributed by atoms with Crippen molar-refractivity contribution in [1.29, 1.82) is 0 Å². The molecule has 1 aromatic carbocycles. The number of nitrogens with zero attached hydrogens (tertiary/aromatic N) is 2. The molecule has 1 atom stereocenters. The minimum Gasteiger partial charge on any atom is -0.494 e. The van der Waals surface area contributed by atoms with Crippen molar-refractivity contribution in [3.05, 3.63) is 101 Å². The lowest BCUT2D eigenvalue weighted by atomic mass is 10.0. The van der Waals surface area contributed by atoms with E-state index in [1.807, 2.05) is 42.9 Å². The highest BCUT2D eigenvalue weighted by Crippen LogP contribution is 2.20. The average Bonchev–Trinajstić information content (AvgIpc) is 2.82. The van der Waals surface area contributed by atoms with Crippen LogP contribution in [-0.2, 0) is 6.42 Å². The highest BCUT2D eigenvalue weighted by molar-refractivity contribution is 5.86. The fourth-order valence-corrected chi connectivity index (χ4v) is 3.64. The summed E-state index contributed by atoms with van der Waals surface area (Å²) >= 11 is 0. The quantitative estimate of drug-likeness (QED) is 0.275. The van der Waals surface area contributed by atoms with Gasteiger partial charge in [-0.15, -0.1) is 37.2 Å². The molecule has 0 fully saturated rings. The summed E-state index contributed by atoms with van der Waals surface area (Å²) < 4.78 is 5.90. The highest BCUT2D eigenvalue weighted by Gasteiger charge is 2.11. The van der Waals surface area contributed by atoms with Crippen LogP contribution in [0.25, 0.3) is 10.8 Å². The van der Waals surface area contributed by atoms with E-state index in [-0.39, 0.29) is 48.8 Å². The second-order valence-corrected chi connectivity index (χ2v) is 7.45. The Labute approximate surface area is 217 Å². The molecule has 0 saturated heterocycles. The molecular formula is C25H29Cl3N4O2. The molecule has 9 heteroatoms. The predicted octanol–water partition coefficient (Wildman–Crippen LogP) is 5.32. The van der Waals surface area contributed by atoms with E-state index >= 15 is 0 Å². The number of pyridine rings is 3. The van der Waals surface area contributed by atoms with Crippen molar-refractivity contribution in [2.45, 2.75) is 25.3 Å². The molecule has 3 heterocycles. The first kappa shape index (κ1) is 29.4. The maximum Gasteiger partial charge on any atom is 0.255 e. The molecule has 0 amide bonds. The minimum atomic E-state index is -0.0818. The van der Waals surface area contributed by atoms with Crippen LogP contribution in [0.3, 0.4) is 0 Å². The number of aromatic nitrogens is 3. The van der Waals surface area contributed by atoms with Gasteiger partial charge in [0.2, 0.25) is 0 Å². The van der Waals surface area contributed by atoms with Crippen LogP contribution in [0, 0.1) is 0 Å². The topological polar surface area (TPSA) is 79.9 Å². The van der Waals surface area contributed by atoms with Gasteiger partial charge in [-0.05, 0) is 84.8 Å². The van der Waals surface area contributed by atoms with Crippen LogP contribution in [0.4, 0.5) is 0 Å². The van der Waals surface area contributed by atoms with Crippen molar-refractivity contribution in [2.75, 3.05) is 13.2 Å². The van der Waals surface area contributed by atoms with E-state index in [9.17, 15) is 4.79 Å². The molecule has 6 nitrogen and oxygen atoms in total.